The van der Waals surface area contributed by atoms with Crippen molar-refractivity contribution in [1.82, 2.24) is 4.72 Å². The molecule has 0 spiro atoms. The van der Waals surface area contributed by atoms with Crippen LogP contribution in [0.25, 0.3) is 0 Å². The highest BCUT2D eigenvalue weighted by molar-refractivity contribution is 7.89. The molecule has 0 saturated carbocycles. The van der Waals surface area contributed by atoms with Crippen molar-refractivity contribution < 1.29 is 21.9 Å². The van der Waals surface area contributed by atoms with E-state index in [0.717, 1.165) is 18.2 Å². The number of thiophene rings is 1. The maximum absolute atomic E-state index is 13.6. The molecule has 0 saturated heterocycles. The highest BCUT2D eigenvalue weighted by Crippen LogP contribution is 2.28. The van der Waals surface area contributed by atoms with Crippen molar-refractivity contribution in [2.75, 3.05) is 13.7 Å². The Morgan fingerprint density at radius 2 is 1.91 bits per heavy atom. The van der Waals surface area contributed by atoms with Gasteiger partial charge >= 0.3 is 0 Å². The number of hydrogen-bond acceptors (Lipinski definition) is 4. The summed E-state index contributed by atoms with van der Waals surface area (Å²) >= 11 is 7.04. The Kier molecular flexibility index (Phi) is 5.51. The highest BCUT2D eigenvalue weighted by Gasteiger charge is 2.25. The second kappa shape index (κ2) is 7.01. The van der Waals surface area contributed by atoms with Crippen molar-refractivity contribution in [3.63, 3.8) is 0 Å². The lowest BCUT2D eigenvalue weighted by Gasteiger charge is -2.15. The van der Waals surface area contributed by atoms with Crippen LogP contribution in [0.15, 0.2) is 35.2 Å². The molecule has 1 aromatic heterocycles. The summed E-state index contributed by atoms with van der Waals surface area (Å²) in [6.07, 6.45) is -0.609. The summed E-state index contributed by atoms with van der Waals surface area (Å²) in [5.74, 6) is -2.30. The zero-order valence-electron chi connectivity index (χ0n) is 11.3. The molecule has 2 rings (SSSR count). The molecule has 0 bridgehead atoms. The van der Waals surface area contributed by atoms with Crippen molar-refractivity contribution in [3.05, 3.63) is 51.2 Å². The maximum Gasteiger partial charge on any atom is 0.246 e. The van der Waals surface area contributed by atoms with E-state index in [4.69, 9.17) is 16.3 Å². The zero-order chi connectivity index (χ0) is 16.3. The second-order valence-electron chi connectivity index (χ2n) is 4.27. The van der Waals surface area contributed by atoms with Gasteiger partial charge in [-0.05, 0) is 24.3 Å². The Morgan fingerprint density at radius 3 is 2.41 bits per heavy atom. The van der Waals surface area contributed by atoms with E-state index in [1.807, 2.05) is 0 Å². The summed E-state index contributed by atoms with van der Waals surface area (Å²) in [5, 5.41) is 0. The van der Waals surface area contributed by atoms with Crippen LogP contribution in [0.4, 0.5) is 8.78 Å². The Morgan fingerprint density at radius 1 is 1.27 bits per heavy atom. The highest BCUT2D eigenvalue weighted by atomic mass is 35.5. The molecule has 1 aromatic carbocycles. The van der Waals surface area contributed by atoms with E-state index in [9.17, 15) is 17.2 Å². The Balaban J connectivity index is 2.19. The van der Waals surface area contributed by atoms with E-state index in [-0.39, 0.29) is 6.54 Å². The van der Waals surface area contributed by atoms with Gasteiger partial charge in [-0.25, -0.2) is 21.9 Å². The largest absolute Gasteiger partial charge is 0.375 e. The molecule has 0 aliphatic heterocycles. The third-order valence-electron chi connectivity index (χ3n) is 2.84. The molecule has 0 aliphatic rings. The third-order valence-corrected chi connectivity index (χ3v) is 5.64. The topological polar surface area (TPSA) is 55.4 Å². The van der Waals surface area contributed by atoms with Crippen molar-refractivity contribution in [1.29, 1.82) is 0 Å². The molecule has 9 heteroatoms. The molecule has 22 heavy (non-hydrogen) atoms. The van der Waals surface area contributed by atoms with Gasteiger partial charge in [0.25, 0.3) is 0 Å². The molecular formula is C13H12ClF2NO3S2. The summed E-state index contributed by atoms with van der Waals surface area (Å²) in [4.78, 5) is -0.307. The summed E-state index contributed by atoms with van der Waals surface area (Å²) < 4.78 is 59.1. The van der Waals surface area contributed by atoms with E-state index in [2.05, 4.69) is 4.72 Å². The van der Waals surface area contributed by atoms with Gasteiger partial charge in [-0.3, -0.25) is 0 Å². The van der Waals surface area contributed by atoms with Crippen LogP contribution in [0.2, 0.25) is 4.34 Å². The Labute approximate surface area is 135 Å². The van der Waals surface area contributed by atoms with Gasteiger partial charge < -0.3 is 4.74 Å². The minimum absolute atomic E-state index is 0.177. The van der Waals surface area contributed by atoms with E-state index in [1.54, 1.807) is 12.1 Å². The van der Waals surface area contributed by atoms with Crippen molar-refractivity contribution in [2.45, 2.75) is 11.0 Å². The molecule has 0 aliphatic carbocycles. The first-order valence-electron chi connectivity index (χ1n) is 6.07. The van der Waals surface area contributed by atoms with E-state index >= 15 is 0 Å². The number of sulfonamides is 1. The first kappa shape index (κ1) is 17.3. The zero-order valence-corrected chi connectivity index (χ0v) is 13.7. The van der Waals surface area contributed by atoms with Gasteiger partial charge in [0.05, 0.1) is 4.34 Å². The minimum atomic E-state index is -4.34. The standard InChI is InChI=1S/C13H12ClF2NO3S2/c1-20-10(11-5-6-12(14)21-11)7-17-22(18,19)13-8(15)3-2-4-9(13)16/h2-6,10,17H,7H2,1H3/t10-/m1/s1. The molecular weight excluding hydrogens is 356 g/mol. The van der Waals surface area contributed by atoms with Crippen molar-refractivity contribution in [3.8, 4) is 0 Å². The van der Waals surface area contributed by atoms with Crippen LogP contribution in [0.1, 0.15) is 11.0 Å². The van der Waals surface area contributed by atoms with Gasteiger partial charge in [-0.1, -0.05) is 17.7 Å². The number of rotatable bonds is 6. The summed E-state index contributed by atoms with van der Waals surface area (Å²) in [5.41, 5.74) is 0. The molecule has 0 radical (unpaired) electrons. The molecule has 120 valence electrons. The minimum Gasteiger partial charge on any atom is -0.375 e. The van der Waals surface area contributed by atoms with Gasteiger partial charge in [0, 0.05) is 18.5 Å². The molecule has 0 unspecified atom stereocenters. The first-order valence-corrected chi connectivity index (χ1v) is 8.74. The van der Waals surface area contributed by atoms with Crippen LogP contribution in [-0.2, 0) is 14.8 Å². The fraction of sp³-hybridized carbons (Fsp3) is 0.231. The van der Waals surface area contributed by atoms with Crippen LogP contribution in [-0.4, -0.2) is 22.1 Å². The van der Waals surface area contributed by atoms with Gasteiger partial charge in [0.2, 0.25) is 10.0 Å². The summed E-state index contributed by atoms with van der Waals surface area (Å²) in [6, 6.07) is 6.20. The van der Waals surface area contributed by atoms with Crippen LogP contribution in [0, 0.1) is 11.6 Å². The van der Waals surface area contributed by atoms with E-state index < -0.39 is 32.7 Å². The van der Waals surface area contributed by atoms with E-state index in [0.29, 0.717) is 9.21 Å². The maximum atomic E-state index is 13.6. The molecule has 2 aromatic rings. The number of benzene rings is 1. The SMILES string of the molecule is CO[C@H](CNS(=O)(=O)c1c(F)cccc1F)c1ccc(Cl)s1. The van der Waals surface area contributed by atoms with Gasteiger partial charge in [-0.15, -0.1) is 11.3 Å². The molecule has 1 atom stereocenters. The van der Waals surface area contributed by atoms with Crippen LogP contribution >= 0.6 is 22.9 Å². The fourth-order valence-electron chi connectivity index (χ4n) is 1.80. The van der Waals surface area contributed by atoms with Crippen molar-refractivity contribution >= 4 is 33.0 Å². The summed E-state index contributed by atoms with van der Waals surface area (Å²) in [6.45, 7) is -0.177. The average Bonchev–Trinajstić information content (AvgIpc) is 2.85. The fourth-order valence-corrected chi connectivity index (χ4v) is 4.10. The lowest BCUT2D eigenvalue weighted by atomic mass is 10.3. The molecule has 4 nitrogen and oxygen atoms in total. The molecule has 0 fully saturated rings. The Bertz CT molecular complexity index is 744. The second-order valence-corrected chi connectivity index (χ2v) is 7.72. The van der Waals surface area contributed by atoms with Crippen LogP contribution in [0.3, 0.4) is 0 Å². The smallest absolute Gasteiger partial charge is 0.246 e. The molecule has 1 N–H and O–H groups in total. The van der Waals surface area contributed by atoms with Gasteiger partial charge in [-0.2, -0.15) is 0 Å². The number of methoxy groups -OCH3 is 1. The van der Waals surface area contributed by atoms with Crippen LogP contribution in [0.5, 0.6) is 0 Å². The number of hydrogen-bond donors (Lipinski definition) is 1. The van der Waals surface area contributed by atoms with Gasteiger partial charge in [0.15, 0.2) is 4.90 Å². The predicted octanol–water partition coefficient (Wildman–Crippen LogP) is 3.35. The lowest BCUT2D eigenvalue weighted by Crippen LogP contribution is -2.30. The third kappa shape index (κ3) is 3.82. The monoisotopic (exact) mass is 367 g/mol. The quantitative estimate of drug-likeness (QED) is 0.851. The molecule has 1 heterocycles. The normalized spacial score (nSPS) is 13.3. The molecule has 0 amide bonds. The first-order chi connectivity index (χ1) is 10.3. The average molecular weight is 368 g/mol. The number of ether oxygens (including phenoxy) is 1. The van der Waals surface area contributed by atoms with Crippen LogP contribution < -0.4 is 4.72 Å². The van der Waals surface area contributed by atoms with Crippen molar-refractivity contribution in [2.24, 2.45) is 0 Å². The Hall–Kier alpha value is -1.06. The number of halogens is 3. The number of nitrogens with one attached hydrogen (secondary N) is 1. The predicted molar refractivity (Wildman–Crippen MR) is 80.6 cm³/mol. The van der Waals surface area contributed by atoms with Gasteiger partial charge in [0.1, 0.15) is 17.7 Å². The van der Waals surface area contributed by atoms with E-state index in [1.165, 1.54) is 18.4 Å². The lowest BCUT2D eigenvalue weighted by molar-refractivity contribution is 0.110. The summed E-state index contributed by atoms with van der Waals surface area (Å²) in [7, 11) is -2.94.